The van der Waals surface area contributed by atoms with E-state index in [1.165, 1.54) is 19.1 Å². The highest BCUT2D eigenvalue weighted by Gasteiger charge is 2.13. The Morgan fingerprint density at radius 3 is 2.70 bits per heavy atom. The molecule has 4 nitrogen and oxygen atoms in total. The number of rotatable bonds is 5. The minimum Gasteiger partial charge on any atom is -0.462 e. The smallest absolute Gasteiger partial charge is 0.338 e. The first-order valence-corrected chi connectivity index (χ1v) is 7.13. The fourth-order valence-corrected chi connectivity index (χ4v) is 2.15. The van der Waals surface area contributed by atoms with Crippen molar-refractivity contribution in [2.75, 3.05) is 6.61 Å². The number of ether oxygens (including phenoxy) is 2. The molecule has 20 heavy (non-hydrogen) atoms. The van der Waals surface area contributed by atoms with Crippen molar-refractivity contribution in [3.05, 3.63) is 51.3 Å². The molecular weight excluding hydrogens is 371 g/mol. The minimum atomic E-state index is -0.578. The van der Waals surface area contributed by atoms with Crippen molar-refractivity contribution in [1.82, 2.24) is 0 Å². The predicted octanol–water partition coefficient (Wildman–Crippen LogP) is 3.17. The summed E-state index contributed by atoms with van der Waals surface area (Å²) in [7, 11) is 0. The summed E-state index contributed by atoms with van der Waals surface area (Å²) in [6.45, 7) is 3.37. The van der Waals surface area contributed by atoms with Crippen LogP contribution in [0.3, 0.4) is 0 Å². The van der Waals surface area contributed by atoms with E-state index < -0.39 is 18.0 Å². The van der Waals surface area contributed by atoms with Gasteiger partial charge in [-0.2, -0.15) is 0 Å². The Kier molecular flexibility index (Phi) is 7.04. The molecule has 0 saturated carbocycles. The van der Waals surface area contributed by atoms with E-state index in [2.05, 4.69) is 28.3 Å². The Balaban J connectivity index is 2.96. The molecule has 0 aliphatic heterocycles. The molecule has 0 N–H and O–H groups in total. The van der Waals surface area contributed by atoms with Crippen LogP contribution in [0.2, 0.25) is 0 Å². The van der Waals surface area contributed by atoms with Gasteiger partial charge in [0.25, 0.3) is 0 Å². The Bertz CT molecular complexity index is 545. The van der Waals surface area contributed by atoms with Crippen LogP contribution >= 0.6 is 22.6 Å². The third-order valence-electron chi connectivity index (χ3n) is 2.24. The fraction of sp³-hybridized carbons (Fsp3) is 0.267. The molecule has 0 spiro atoms. The molecule has 1 aromatic carbocycles. The summed E-state index contributed by atoms with van der Waals surface area (Å²) in [4.78, 5) is 22.3. The summed E-state index contributed by atoms with van der Waals surface area (Å²) < 4.78 is 10.9. The highest BCUT2D eigenvalue weighted by atomic mass is 127. The monoisotopic (exact) mass is 386 g/mol. The molecule has 1 rings (SSSR count). The summed E-state index contributed by atoms with van der Waals surface area (Å²) in [6.07, 6.45) is 2.12. The molecular formula is C15H15IO4. The van der Waals surface area contributed by atoms with Gasteiger partial charge in [-0.1, -0.05) is 18.2 Å². The number of esters is 2. The Morgan fingerprint density at radius 2 is 2.10 bits per heavy atom. The molecule has 0 heterocycles. The summed E-state index contributed by atoms with van der Waals surface area (Å²) in [5, 5.41) is 0. The van der Waals surface area contributed by atoms with Crippen LogP contribution in [-0.4, -0.2) is 18.5 Å². The lowest BCUT2D eigenvalue weighted by atomic mass is 10.1. The van der Waals surface area contributed by atoms with Gasteiger partial charge in [-0.3, -0.25) is 4.79 Å². The van der Waals surface area contributed by atoms with Crippen LogP contribution in [0.15, 0.2) is 42.1 Å². The first-order chi connectivity index (χ1) is 9.54. The van der Waals surface area contributed by atoms with Gasteiger partial charge in [0.1, 0.15) is 0 Å². The second-order valence-electron chi connectivity index (χ2n) is 3.78. The molecule has 0 aromatic heterocycles. The Labute approximate surface area is 131 Å². The van der Waals surface area contributed by atoms with Crippen LogP contribution in [0.25, 0.3) is 0 Å². The van der Waals surface area contributed by atoms with Gasteiger partial charge in [-0.25, -0.2) is 4.79 Å². The topological polar surface area (TPSA) is 52.6 Å². The first kappa shape index (κ1) is 16.5. The molecule has 0 radical (unpaired) electrons. The lowest BCUT2D eigenvalue weighted by Crippen LogP contribution is -2.07. The van der Waals surface area contributed by atoms with E-state index in [4.69, 9.17) is 9.47 Å². The number of benzene rings is 1. The van der Waals surface area contributed by atoms with Gasteiger partial charge < -0.3 is 9.47 Å². The van der Waals surface area contributed by atoms with Gasteiger partial charge in [0.2, 0.25) is 0 Å². The zero-order valence-corrected chi connectivity index (χ0v) is 13.4. The lowest BCUT2D eigenvalue weighted by Gasteiger charge is -2.14. The number of carbonyl (C=O) groups is 2. The second kappa shape index (κ2) is 8.55. The molecule has 1 atom stereocenters. The third-order valence-corrected chi connectivity index (χ3v) is 3.22. The average molecular weight is 386 g/mol. The van der Waals surface area contributed by atoms with Crippen molar-refractivity contribution in [3.8, 4) is 0 Å². The quantitative estimate of drug-likeness (QED) is 0.338. The predicted molar refractivity (Wildman–Crippen MR) is 83.0 cm³/mol. The summed E-state index contributed by atoms with van der Waals surface area (Å²) >= 11 is 2.16. The van der Waals surface area contributed by atoms with Crippen LogP contribution in [0.1, 0.15) is 25.5 Å². The maximum absolute atomic E-state index is 11.2. The molecule has 1 aromatic rings. The van der Waals surface area contributed by atoms with Crippen molar-refractivity contribution in [2.45, 2.75) is 20.0 Å². The van der Waals surface area contributed by atoms with E-state index in [1.807, 2.05) is 24.3 Å². The maximum Gasteiger partial charge on any atom is 0.338 e. The SMILES string of the molecule is CCOC(=O)C=C=CC(OC(C)=O)c1ccccc1I. The van der Waals surface area contributed by atoms with Crippen LogP contribution in [0.4, 0.5) is 0 Å². The summed E-state index contributed by atoms with van der Waals surface area (Å²) in [6, 6.07) is 7.53. The van der Waals surface area contributed by atoms with Gasteiger partial charge in [-0.15, -0.1) is 5.73 Å². The van der Waals surface area contributed by atoms with Crippen LogP contribution in [0, 0.1) is 3.57 Å². The average Bonchev–Trinajstić information content (AvgIpc) is 2.38. The molecule has 0 aliphatic rings. The number of hydrogen-bond acceptors (Lipinski definition) is 4. The van der Waals surface area contributed by atoms with Crippen molar-refractivity contribution in [2.24, 2.45) is 0 Å². The molecule has 1 unspecified atom stereocenters. The number of carbonyl (C=O) groups excluding carboxylic acids is 2. The number of halogens is 1. The number of hydrogen-bond donors (Lipinski definition) is 0. The minimum absolute atomic E-state index is 0.307. The van der Waals surface area contributed by atoms with Crippen LogP contribution in [0.5, 0.6) is 0 Å². The molecule has 0 aliphatic carbocycles. The highest BCUT2D eigenvalue weighted by Crippen LogP contribution is 2.24. The largest absolute Gasteiger partial charge is 0.462 e. The molecule has 0 bridgehead atoms. The van der Waals surface area contributed by atoms with Crippen molar-refractivity contribution in [1.29, 1.82) is 0 Å². The van der Waals surface area contributed by atoms with E-state index in [0.29, 0.717) is 6.61 Å². The van der Waals surface area contributed by atoms with Gasteiger partial charge in [0.15, 0.2) is 6.10 Å². The van der Waals surface area contributed by atoms with Crippen molar-refractivity contribution in [3.63, 3.8) is 0 Å². The van der Waals surface area contributed by atoms with Crippen molar-refractivity contribution >= 4 is 34.5 Å². The molecule has 0 fully saturated rings. The van der Waals surface area contributed by atoms with Crippen LogP contribution < -0.4 is 0 Å². The Hall–Kier alpha value is -1.59. The Morgan fingerprint density at radius 1 is 1.40 bits per heavy atom. The molecule has 106 valence electrons. The van der Waals surface area contributed by atoms with E-state index in [-0.39, 0.29) is 0 Å². The van der Waals surface area contributed by atoms with E-state index in [1.54, 1.807) is 6.92 Å². The van der Waals surface area contributed by atoms with E-state index in [0.717, 1.165) is 9.13 Å². The summed E-state index contributed by atoms with van der Waals surface area (Å²) in [5.74, 6) is -0.878. The van der Waals surface area contributed by atoms with Gasteiger partial charge >= 0.3 is 11.9 Å². The molecule has 0 saturated heterocycles. The zero-order valence-electron chi connectivity index (χ0n) is 11.3. The van der Waals surface area contributed by atoms with E-state index in [9.17, 15) is 9.59 Å². The van der Waals surface area contributed by atoms with Gasteiger partial charge in [0, 0.05) is 22.1 Å². The molecule has 5 heteroatoms. The van der Waals surface area contributed by atoms with Crippen LogP contribution in [-0.2, 0) is 19.1 Å². The summed E-state index contributed by atoms with van der Waals surface area (Å²) in [5.41, 5.74) is 3.54. The zero-order chi connectivity index (χ0) is 15.0. The lowest BCUT2D eigenvalue weighted by molar-refractivity contribution is -0.144. The fourth-order valence-electron chi connectivity index (χ4n) is 1.46. The molecule has 0 amide bonds. The first-order valence-electron chi connectivity index (χ1n) is 6.05. The standard InChI is InChI=1S/C15H15IO4/c1-3-19-15(18)10-6-9-14(20-11(2)17)12-7-4-5-8-13(12)16/h4-5,7-10,14H,3H2,1-2H3. The highest BCUT2D eigenvalue weighted by molar-refractivity contribution is 14.1. The van der Waals surface area contributed by atoms with E-state index >= 15 is 0 Å². The maximum atomic E-state index is 11.2. The van der Waals surface area contributed by atoms with Gasteiger partial charge in [0.05, 0.1) is 12.7 Å². The normalized spacial score (nSPS) is 10.9. The van der Waals surface area contributed by atoms with Crippen molar-refractivity contribution < 1.29 is 19.1 Å². The second-order valence-corrected chi connectivity index (χ2v) is 4.94. The van der Waals surface area contributed by atoms with Gasteiger partial charge in [-0.05, 0) is 35.6 Å². The third kappa shape index (κ3) is 5.59.